The molecule has 0 aliphatic heterocycles. The molecule has 0 heterocycles. The van der Waals surface area contributed by atoms with Gasteiger partial charge in [0.15, 0.2) is 0 Å². The number of rotatable bonds is 4. The zero-order chi connectivity index (χ0) is 13.0. The van der Waals surface area contributed by atoms with Crippen molar-refractivity contribution in [3.8, 4) is 5.75 Å². The molecule has 0 saturated carbocycles. The van der Waals surface area contributed by atoms with E-state index < -0.39 is 0 Å². The molecule has 2 aromatic rings. The third kappa shape index (κ3) is 3.05. The van der Waals surface area contributed by atoms with E-state index in [-0.39, 0.29) is 5.38 Å². The molecular weight excluding hydrogens is 244 g/mol. The molecule has 0 aliphatic rings. The van der Waals surface area contributed by atoms with Gasteiger partial charge in [0.25, 0.3) is 0 Å². The lowest BCUT2D eigenvalue weighted by Crippen LogP contribution is -1.99. The third-order valence-corrected chi connectivity index (χ3v) is 3.36. The molecule has 0 bridgehead atoms. The van der Waals surface area contributed by atoms with Crippen LogP contribution in [0.1, 0.15) is 22.1 Å². The van der Waals surface area contributed by atoms with Crippen LogP contribution in [0.15, 0.2) is 48.5 Å². The summed E-state index contributed by atoms with van der Waals surface area (Å²) < 4.78 is 5.34. The summed E-state index contributed by atoms with van der Waals surface area (Å²) in [6.07, 6.45) is 0.809. The van der Waals surface area contributed by atoms with Gasteiger partial charge in [-0.3, -0.25) is 0 Å². The van der Waals surface area contributed by atoms with Crippen molar-refractivity contribution in [3.63, 3.8) is 0 Å². The number of benzene rings is 2. The highest BCUT2D eigenvalue weighted by molar-refractivity contribution is 6.21. The minimum Gasteiger partial charge on any atom is -0.496 e. The van der Waals surface area contributed by atoms with Crippen LogP contribution < -0.4 is 4.74 Å². The minimum atomic E-state index is -0.0667. The van der Waals surface area contributed by atoms with Crippen molar-refractivity contribution < 1.29 is 4.74 Å². The fraction of sp³-hybridized carbons (Fsp3) is 0.250. The van der Waals surface area contributed by atoms with Crippen molar-refractivity contribution in [1.29, 1.82) is 0 Å². The van der Waals surface area contributed by atoms with Crippen LogP contribution >= 0.6 is 11.6 Å². The van der Waals surface area contributed by atoms with Crippen LogP contribution in [0.25, 0.3) is 0 Å². The molecule has 0 N–H and O–H groups in total. The molecule has 1 atom stereocenters. The summed E-state index contributed by atoms with van der Waals surface area (Å²) in [5.74, 6) is 0.852. The van der Waals surface area contributed by atoms with Gasteiger partial charge in [0.05, 0.1) is 12.5 Å². The van der Waals surface area contributed by atoms with Crippen molar-refractivity contribution in [2.45, 2.75) is 18.7 Å². The molecule has 0 spiro atoms. The predicted molar refractivity (Wildman–Crippen MR) is 76.5 cm³/mol. The van der Waals surface area contributed by atoms with E-state index in [2.05, 4.69) is 31.2 Å². The van der Waals surface area contributed by atoms with Crippen molar-refractivity contribution in [2.24, 2.45) is 0 Å². The predicted octanol–water partition coefficient (Wildman–Crippen LogP) is 4.53. The fourth-order valence-electron chi connectivity index (χ4n) is 2.08. The molecule has 94 valence electrons. The zero-order valence-electron chi connectivity index (χ0n) is 10.7. The van der Waals surface area contributed by atoms with Crippen LogP contribution in [-0.4, -0.2) is 7.11 Å². The second kappa shape index (κ2) is 5.92. The molecule has 0 saturated heterocycles. The first-order valence-electron chi connectivity index (χ1n) is 6.03. The van der Waals surface area contributed by atoms with Crippen LogP contribution in [-0.2, 0) is 6.42 Å². The number of aryl methyl sites for hydroxylation is 1. The van der Waals surface area contributed by atoms with Gasteiger partial charge in [0, 0.05) is 5.56 Å². The summed E-state index contributed by atoms with van der Waals surface area (Å²) in [5.41, 5.74) is 3.56. The maximum absolute atomic E-state index is 6.50. The molecule has 0 fully saturated rings. The average molecular weight is 261 g/mol. The first-order chi connectivity index (χ1) is 8.70. The van der Waals surface area contributed by atoms with E-state index in [0.29, 0.717) is 0 Å². The molecule has 0 aliphatic carbocycles. The Hall–Kier alpha value is -1.47. The van der Waals surface area contributed by atoms with Gasteiger partial charge in [-0.2, -0.15) is 0 Å². The summed E-state index contributed by atoms with van der Waals surface area (Å²) in [6, 6.07) is 16.4. The molecule has 1 unspecified atom stereocenters. The monoisotopic (exact) mass is 260 g/mol. The Morgan fingerprint density at radius 2 is 1.89 bits per heavy atom. The van der Waals surface area contributed by atoms with E-state index in [1.807, 2.05) is 24.3 Å². The Bertz CT molecular complexity index is 522. The summed E-state index contributed by atoms with van der Waals surface area (Å²) in [7, 11) is 1.68. The highest BCUT2D eigenvalue weighted by atomic mass is 35.5. The number of alkyl halides is 1. The highest BCUT2D eigenvalue weighted by Crippen LogP contribution is 2.32. The molecule has 2 heteroatoms. The molecule has 0 radical (unpaired) electrons. The largest absolute Gasteiger partial charge is 0.496 e. The number of methoxy groups -OCH3 is 1. The minimum absolute atomic E-state index is 0.0667. The van der Waals surface area contributed by atoms with Gasteiger partial charge in [-0.05, 0) is 25.0 Å². The van der Waals surface area contributed by atoms with E-state index in [1.54, 1.807) is 7.11 Å². The zero-order valence-corrected chi connectivity index (χ0v) is 11.4. The quantitative estimate of drug-likeness (QED) is 0.734. The lowest BCUT2D eigenvalue weighted by molar-refractivity contribution is 0.409. The SMILES string of the molecule is COc1ccccc1C(Cl)Cc1cccc(C)c1. The molecule has 0 amide bonds. The Balaban J connectivity index is 2.19. The van der Waals surface area contributed by atoms with Gasteiger partial charge in [0.2, 0.25) is 0 Å². The van der Waals surface area contributed by atoms with Crippen LogP contribution in [0.3, 0.4) is 0 Å². The van der Waals surface area contributed by atoms with E-state index in [0.717, 1.165) is 17.7 Å². The van der Waals surface area contributed by atoms with Gasteiger partial charge in [0.1, 0.15) is 5.75 Å². The fourth-order valence-corrected chi connectivity index (χ4v) is 2.44. The smallest absolute Gasteiger partial charge is 0.123 e. The summed E-state index contributed by atoms with van der Waals surface area (Å²) in [6.45, 7) is 2.09. The maximum Gasteiger partial charge on any atom is 0.123 e. The molecular formula is C16H17ClO. The van der Waals surface area contributed by atoms with Gasteiger partial charge in [-0.15, -0.1) is 11.6 Å². The molecule has 2 aromatic carbocycles. The van der Waals surface area contributed by atoms with Gasteiger partial charge >= 0.3 is 0 Å². The number of para-hydroxylation sites is 1. The Labute approximate surface area is 113 Å². The molecule has 18 heavy (non-hydrogen) atoms. The Morgan fingerprint density at radius 1 is 1.11 bits per heavy atom. The second-order valence-corrected chi connectivity index (χ2v) is 4.93. The summed E-state index contributed by atoms with van der Waals surface area (Å²) in [4.78, 5) is 0. The van der Waals surface area contributed by atoms with Crippen LogP contribution in [0.2, 0.25) is 0 Å². The summed E-state index contributed by atoms with van der Waals surface area (Å²) >= 11 is 6.50. The van der Waals surface area contributed by atoms with Gasteiger partial charge < -0.3 is 4.74 Å². The molecule has 1 nitrogen and oxygen atoms in total. The standard InChI is InChI=1S/C16H17ClO/c1-12-6-5-7-13(10-12)11-15(17)14-8-3-4-9-16(14)18-2/h3-10,15H,11H2,1-2H3. The lowest BCUT2D eigenvalue weighted by atomic mass is 10.0. The van der Waals surface area contributed by atoms with Crippen LogP contribution in [0.5, 0.6) is 5.75 Å². The van der Waals surface area contributed by atoms with E-state index >= 15 is 0 Å². The topological polar surface area (TPSA) is 9.23 Å². The Kier molecular flexibility index (Phi) is 4.27. The van der Waals surface area contributed by atoms with Gasteiger partial charge in [-0.25, -0.2) is 0 Å². The third-order valence-electron chi connectivity index (χ3n) is 2.97. The van der Waals surface area contributed by atoms with Crippen molar-refractivity contribution >= 4 is 11.6 Å². The summed E-state index contributed by atoms with van der Waals surface area (Å²) in [5, 5.41) is -0.0667. The second-order valence-electron chi connectivity index (χ2n) is 4.40. The van der Waals surface area contributed by atoms with E-state index in [9.17, 15) is 0 Å². The normalized spacial score (nSPS) is 12.2. The van der Waals surface area contributed by atoms with Crippen molar-refractivity contribution in [3.05, 3.63) is 65.2 Å². The maximum atomic E-state index is 6.50. The van der Waals surface area contributed by atoms with Crippen LogP contribution in [0.4, 0.5) is 0 Å². The highest BCUT2D eigenvalue weighted by Gasteiger charge is 2.13. The van der Waals surface area contributed by atoms with Gasteiger partial charge in [-0.1, -0.05) is 48.0 Å². The first kappa shape index (κ1) is 13.0. The molecule has 0 aromatic heterocycles. The number of ether oxygens (including phenoxy) is 1. The number of hydrogen-bond acceptors (Lipinski definition) is 1. The van der Waals surface area contributed by atoms with Crippen molar-refractivity contribution in [2.75, 3.05) is 7.11 Å². The molecule has 2 rings (SSSR count). The average Bonchev–Trinajstić information content (AvgIpc) is 2.38. The van der Waals surface area contributed by atoms with E-state index in [4.69, 9.17) is 16.3 Å². The lowest BCUT2D eigenvalue weighted by Gasteiger charge is -2.14. The number of hydrogen-bond donors (Lipinski definition) is 0. The van der Waals surface area contributed by atoms with E-state index in [1.165, 1.54) is 11.1 Å². The number of halogens is 1. The Morgan fingerprint density at radius 3 is 2.61 bits per heavy atom. The first-order valence-corrected chi connectivity index (χ1v) is 6.47. The van der Waals surface area contributed by atoms with Crippen LogP contribution in [0, 0.1) is 6.92 Å². The van der Waals surface area contributed by atoms with Crippen molar-refractivity contribution in [1.82, 2.24) is 0 Å².